The van der Waals surface area contributed by atoms with Crippen LogP contribution in [0.15, 0.2) is 12.4 Å². The summed E-state index contributed by atoms with van der Waals surface area (Å²) in [4.78, 5) is 18.5. The van der Waals surface area contributed by atoms with E-state index in [4.69, 9.17) is 9.84 Å². The molecule has 0 fully saturated rings. The molecule has 6 heteroatoms. The predicted octanol–water partition coefficient (Wildman–Crippen LogP) is 1.40. The van der Waals surface area contributed by atoms with E-state index in [0.717, 1.165) is 6.42 Å². The largest absolute Gasteiger partial charge is 0.481 e. The summed E-state index contributed by atoms with van der Waals surface area (Å²) in [6, 6.07) is 1.67. The van der Waals surface area contributed by atoms with E-state index >= 15 is 0 Å². The Morgan fingerprint density at radius 1 is 1.59 bits per heavy atom. The van der Waals surface area contributed by atoms with Crippen molar-refractivity contribution in [1.29, 1.82) is 0 Å². The lowest BCUT2D eigenvalue weighted by Gasteiger charge is -2.13. The SMILES string of the molecule is CCC(CNc1cc(OC)ncn1)CC(=O)O. The number of carboxylic acids is 1. The lowest BCUT2D eigenvalue weighted by atomic mass is 10.0. The van der Waals surface area contributed by atoms with Gasteiger partial charge in [0.25, 0.3) is 0 Å². The van der Waals surface area contributed by atoms with E-state index in [9.17, 15) is 4.79 Å². The molecular formula is C11H17N3O3. The summed E-state index contributed by atoms with van der Waals surface area (Å²) in [5.41, 5.74) is 0. The van der Waals surface area contributed by atoms with Gasteiger partial charge in [0, 0.05) is 19.0 Å². The van der Waals surface area contributed by atoms with E-state index in [1.807, 2.05) is 6.92 Å². The first-order chi connectivity index (χ1) is 8.15. The summed E-state index contributed by atoms with van der Waals surface area (Å²) in [7, 11) is 1.53. The highest BCUT2D eigenvalue weighted by Gasteiger charge is 2.11. The molecule has 6 nitrogen and oxygen atoms in total. The fraction of sp³-hybridized carbons (Fsp3) is 0.545. The van der Waals surface area contributed by atoms with E-state index in [1.165, 1.54) is 13.4 Å². The fourth-order valence-corrected chi connectivity index (χ4v) is 1.40. The molecule has 1 heterocycles. The minimum Gasteiger partial charge on any atom is -0.481 e. The minimum absolute atomic E-state index is 0.0912. The van der Waals surface area contributed by atoms with Crippen molar-refractivity contribution in [2.75, 3.05) is 19.0 Å². The van der Waals surface area contributed by atoms with Crippen LogP contribution >= 0.6 is 0 Å². The smallest absolute Gasteiger partial charge is 0.303 e. The predicted molar refractivity (Wildman–Crippen MR) is 63.1 cm³/mol. The van der Waals surface area contributed by atoms with Crippen molar-refractivity contribution in [3.05, 3.63) is 12.4 Å². The zero-order valence-electron chi connectivity index (χ0n) is 10.0. The fourth-order valence-electron chi connectivity index (χ4n) is 1.40. The third-order valence-electron chi connectivity index (χ3n) is 2.46. The number of rotatable bonds is 7. The van der Waals surface area contributed by atoms with Gasteiger partial charge >= 0.3 is 5.97 Å². The van der Waals surface area contributed by atoms with E-state index in [1.54, 1.807) is 6.07 Å². The van der Waals surface area contributed by atoms with Gasteiger partial charge < -0.3 is 15.2 Å². The topological polar surface area (TPSA) is 84.3 Å². The average molecular weight is 239 g/mol. The van der Waals surface area contributed by atoms with Gasteiger partial charge in [-0.15, -0.1) is 0 Å². The summed E-state index contributed by atoms with van der Waals surface area (Å²) in [5, 5.41) is 11.8. The molecule has 0 saturated carbocycles. The van der Waals surface area contributed by atoms with Crippen LogP contribution in [0, 0.1) is 5.92 Å². The van der Waals surface area contributed by atoms with Crippen molar-refractivity contribution in [3.63, 3.8) is 0 Å². The van der Waals surface area contributed by atoms with Crippen LogP contribution in [-0.4, -0.2) is 34.7 Å². The second-order valence-corrected chi connectivity index (χ2v) is 3.70. The van der Waals surface area contributed by atoms with E-state index in [0.29, 0.717) is 18.2 Å². The van der Waals surface area contributed by atoms with Gasteiger partial charge in [-0.05, 0) is 5.92 Å². The molecule has 0 spiro atoms. The quantitative estimate of drug-likeness (QED) is 0.748. The Labute approximate surface area is 100 Å². The van der Waals surface area contributed by atoms with E-state index in [-0.39, 0.29) is 12.3 Å². The van der Waals surface area contributed by atoms with Gasteiger partial charge in [-0.2, -0.15) is 0 Å². The Bertz CT molecular complexity index is 371. The van der Waals surface area contributed by atoms with Crippen LogP contribution in [-0.2, 0) is 4.79 Å². The van der Waals surface area contributed by atoms with Gasteiger partial charge in [-0.1, -0.05) is 13.3 Å². The standard InChI is InChI=1S/C11H17N3O3/c1-3-8(4-11(15)16)6-12-9-5-10(17-2)14-7-13-9/h5,7-8H,3-4,6H2,1-2H3,(H,15,16)(H,12,13,14). The molecule has 1 unspecified atom stereocenters. The van der Waals surface area contributed by atoms with Crippen LogP contribution < -0.4 is 10.1 Å². The lowest BCUT2D eigenvalue weighted by molar-refractivity contribution is -0.138. The van der Waals surface area contributed by atoms with Crippen LogP contribution in [0.1, 0.15) is 19.8 Å². The molecule has 0 saturated heterocycles. The van der Waals surface area contributed by atoms with Gasteiger partial charge in [0.2, 0.25) is 5.88 Å². The number of hydrogen-bond acceptors (Lipinski definition) is 5. The number of methoxy groups -OCH3 is 1. The number of hydrogen-bond donors (Lipinski definition) is 2. The highest BCUT2D eigenvalue weighted by Crippen LogP contribution is 2.13. The maximum Gasteiger partial charge on any atom is 0.303 e. The van der Waals surface area contributed by atoms with Crippen LogP contribution in [0.2, 0.25) is 0 Å². The Morgan fingerprint density at radius 2 is 2.35 bits per heavy atom. The maximum absolute atomic E-state index is 10.6. The van der Waals surface area contributed by atoms with Gasteiger partial charge in [-0.3, -0.25) is 4.79 Å². The van der Waals surface area contributed by atoms with Crippen molar-refractivity contribution in [1.82, 2.24) is 9.97 Å². The third-order valence-corrected chi connectivity index (χ3v) is 2.46. The first-order valence-corrected chi connectivity index (χ1v) is 5.47. The van der Waals surface area contributed by atoms with Crippen LogP contribution in [0.4, 0.5) is 5.82 Å². The molecule has 94 valence electrons. The van der Waals surface area contributed by atoms with Crippen molar-refractivity contribution in [2.45, 2.75) is 19.8 Å². The molecule has 1 rings (SSSR count). The maximum atomic E-state index is 10.6. The summed E-state index contributed by atoms with van der Waals surface area (Å²) in [6.07, 6.45) is 2.37. The number of nitrogens with one attached hydrogen (secondary N) is 1. The molecule has 0 bridgehead atoms. The monoisotopic (exact) mass is 239 g/mol. The van der Waals surface area contributed by atoms with Crippen LogP contribution in [0.3, 0.4) is 0 Å². The van der Waals surface area contributed by atoms with Gasteiger partial charge in [0.15, 0.2) is 0 Å². The Hall–Kier alpha value is -1.85. The third kappa shape index (κ3) is 4.67. The first kappa shape index (κ1) is 13.2. The minimum atomic E-state index is -0.779. The Kier molecular flexibility index (Phi) is 5.19. The molecule has 0 amide bonds. The van der Waals surface area contributed by atoms with Crippen LogP contribution in [0.5, 0.6) is 5.88 Å². The first-order valence-electron chi connectivity index (χ1n) is 5.47. The number of aliphatic carboxylic acids is 1. The molecule has 0 aliphatic rings. The number of carboxylic acid groups (broad SMARTS) is 1. The van der Waals surface area contributed by atoms with Gasteiger partial charge in [0.1, 0.15) is 12.1 Å². The molecule has 17 heavy (non-hydrogen) atoms. The highest BCUT2D eigenvalue weighted by atomic mass is 16.5. The van der Waals surface area contributed by atoms with Crippen LogP contribution in [0.25, 0.3) is 0 Å². The molecule has 1 aromatic heterocycles. The van der Waals surface area contributed by atoms with Crippen molar-refractivity contribution < 1.29 is 14.6 Å². The average Bonchev–Trinajstić information content (AvgIpc) is 2.34. The Balaban J connectivity index is 2.50. The number of aromatic nitrogens is 2. The molecule has 0 aliphatic heterocycles. The molecule has 0 radical (unpaired) electrons. The zero-order valence-corrected chi connectivity index (χ0v) is 10.0. The molecule has 1 atom stereocenters. The lowest BCUT2D eigenvalue weighted by Crippen LogP contribution is -2.17. The number of ether oxygens (including phenoxy) is 1. The van der Waals surface area contributed by atoms with Crippen molar-refractivity contribution in [3.8, 4) is 5.88 Å². The summed E-state index contributed by atoms with van der Waals surface area (Å²) >= 11 is 0. The second-order valence-electron chi connectivity index (χ2n) is 3.70. The summed E-state index contributed by atoms with van der Waals surface area (Å²) in [6.45, 7) is 2.54. The van der Waals surface area contributed by atoms with E-state index < -0.39 is 5.97 Å². The molecule has 0 aromatic carbocycles. The zero-order chi connectivity index (χ0) is 12.7. The summed E-state index contributed by atoms with van der Waals surface area (Å²) in [5.74, 6) is 0.432. The molecule has 2 N–H and O–H groups in total. The molecular weight excluding hydrogens is 222 g/mol. The second kappa shape index (κ2) is 6.67. The highest BCUT2D eigenvalue weighted by molar-refractivity contribution is 5.67. The van der Waals surface area contributed by atoms with Crippen molar-refractivity contribution >= 4 is 11.8 Å². The number of nitrogens with zero attached hydrogens (tertiary/aromatic N) is 2. The number of carbonyl (C=O) groups is 1. The van der Waals surface area contributed by atoms with Crippen molar-refractivity contribution in [2.24, 2.45) is 5.92 Å². The Morgan fingerprint density at radius 3 is 2.94 bits per heavy atom. The van der Waals surface area contributed by atoms with E-state index in [2.05, 4.69) is 15.3 Å². The molecule has 0 aliphatic carbocycles. The normalized spacial score (nSPS) is 11.9. The van der Waals surface area contributed by atoms with Gasteiger partial charge in [0.05, 0.1) is 7.11 Å². The van der Waals surface area contributed by atoms with Gasteiger partial charge in [-0.25, -0.2) is 9.97 Å². The molecule has 1 aromatic rings. The summed E-state index contributed by atoms with van der Waals surface area (Å²) < 4.78 is 4.97. The number of anilines is 1.